The molecule has 0 aliphatic heterocycles. The van der Waals surface area contributed by atoms with Gasteiger partial charge in [-0.3, -0.25) is 4.79 Å². The second-order valence-corrected chi connectivity index (χ2v) is 6.35. The van der Waals surface area contributed by atoms with Gasteiger partial charge in [0.2, 0.25) is 5.91 Å². The molecule has 2 rings (SSSR count). The van der Waals surface area contributed by atoms with Crippen LogP contribution in [-0.4, -0.2) is 25.2 Å². The average molecular weight is 353 g/mol. The maximum absolute atomic E-state index is 12.6. The lowest BCUT2D eigenvalue weighted by Gasteiger charge is -2.29. The van der Waals surface area contributed by atoms with Crippen molar-refractivity contribution in [2.24, 2.45) is 5.90 Å². The average Bonchev–Trinajstić information content (AvgIpc) is 3.06. The Hall–Kier alpha value is -1.56. The molecular formula is C18H25ClN2O3. The van der Waals surface area contributed by atoms with E-state index in [9.17, 15) is 4.79 Å². The molecular weight excluding hydrogens is 328 g/mol. The van der Waals surface area contributed by atoms with E-state index in [1.807, 2.05) is 17.0 Å². The number of carbonyl (C=O) groups is 1. The van der Waals surface area contributed by atoms with E-state index in [4.69, 9.17) is 22.2 Å². The zero-order valence-electron chi connectivity index (χ0n) is 13.9. The number of benzene rings is 1. The first-order valence-electron chi connectivity index (χ1n) is 8.33. The van der Waals surface area contributed by atoms with E-state index in [1.165, 1.54) is 0 Å². The summed E-state index contributed by atoms with van der Waals surface area (Å²) in [6, 6.07) is 5.65. The van der Waals surface area contributed by atoms with Crippen molar-refractivity contribution in [3.05, 3.63) is 35.9 Å². The second kappa shape index (κ2) is 9.67. The fourth-order valence-corrected chi connectivity index (χ4v) is 3.26. The molecule has 0 spiro atoms. The molecule has 0 atom stereocenters. The van der Waals surface area contributed by atoms with Gasteiger partial charge in [0.05, 0.1) is 13.2 Å². The van der Waals surface area contributed by atoms with Gasteiger partial charge in [-0.1, -0.05) is 30.5 Å². The number of halogens is 1. The van der Waals surface area contributed by atoms with Crippen LogP contribution in [0.3, 0.4) is 0 Å². The Morgan fingerprint density at radius 1 is 1.33 bits per heavy atom. The molecule has 2 N–H and O–H groups in total. The van der Waals surface area contributed by atoms with Gasteiger partial charge in [-0.2, -0.15) is 0 Å². The first-order valence-corrected chi connectivity index (χ1v) is 8.71. The molecule has 0 bridgehead atoms. The molecule has 0 radical (unpaired) electrons. The summed E-state index contributed by atoms with van der Waals surface area (Å²) in [5.41, 5.74) is 0.784. The highest BCUT2D eigenvalue weighted by Gasteiger charge is 2.27. The van der Waals surface area contributed by atoms with E-state index in [2.05, 4.69) is 11.4 Å². The van der Waals surface area contributed by atoms with Crippen LogP contribution in [0.5, 0.6) is 5.75 Å². The number of carbonyl (C=O) groups excluding carboxylic acids is 1. The number of anilines is 1. The SMILES string of the molecule is C=CCC(=O)N(c1cc(Cl)cc(OCCCON)c1)C1CCCC1. The minimum Gasteiger partial charge on any atom is -0.493 e. The quantitative estimate of drug-likeness (QED) is 0.416. The summed E-state index contributed by atoms with van der Waals surface area (Å²) < 4.78 is 5.70. The van der Waals surface area contributed by atoms with E-state index < -0.39 is 0 Å². The van der Waals surface area contributed by atoms with Gasteiger partial charge < -0.3 is 14.5 Å². The molecule has 1 aliphatic rings. The van der Waals surface area contributed by atoms with Gasteiger partial charge in [-0.05, 0) is 25.0 Å². The summed E-state index contributed by atoms with van der Waals surface area (Å²) >= 11 is 6.24. The third-order valence-electron chi connectivity index (χ3n) is 4.09. The van der Waals surface area contributed by atoms with Gasteiger partial charge in [-0.25, -0.2) is 5.90 Å². The van der Waals surface area contributed by atoms with Crippen molar-refractivity contribution in [1.82, 2.24) is 0 Å². The Morgan fingerprint density at radius 3 is 2.75 bits per heavy atom. The van der Waals surface area contributed by atoms with E-state index >= 15 is 0 Å². The van der Waals surface area contributed by atoms with Crippen LogP contribution in [0.15, 0.2) is 30.9 Å². The standard InChI is InChI=1S/C18H25ClN2O3/c1-2-6-18(22)21(15-7-3-4-8-15)16-11-14(19)12-17(13-16)23-9-5-10-24-20/h2,11-13,15H,1,3-10,20H2. The summed E-state index contributed by atoms with van der Waals surface area (Å²) in [5.74, 6) is 5.68. The predicted molar refractivity (Wildman–Crippen MR) is 96.3 cm³/mol. The number of amides is 1. The van der Waals surface area contributed by atoms with Gasteiger partial charge >= 0.3 is 0 Å². The van der Waals surface area contributed by atoms with E-state index in [-0.39, 0.29) is 11.9 Å². The number of rotatable bonds is 9. The fourth-order valence-electron chi connectivity index (χ4n) is 3.05. The summed E-state index contributed by atoms with van der Waals surface area (Å²) in [5, 5.41) is 0.548. The topological polar surface area (TPSA) is 64.8 Å². The third kappa shape index (κ3) is 5.23. The normalized spacial score (nSPS) is 14.6. The van der Waals surface area contributed by atoms with Gasteiger partial charge in [0, 0.05) is 35.7 Å². The van der Waals surface area contributed by atoms with Crippen molar-refractivity contribution in [3.8, 4) is 5.75 Å². The van der Waals surface area contributed by atoms with E-state index in [0.29, 0.717) is 36.8 Å². The van der Waals surface area contributed by atoms with Crippen molar-refractivity contribution in [1.29, 1.82) is 0 Å². The summed E-state index contributed by atoms with van der Waals surface area (Å²) in [6.45, 7) is 4.58. The molecule has 1 aromatic carbocycles. The third-order valence-corrected chi connectivity index (χ3v) is 4.31. The monoisotopic (exact) mass is 352 g/mol. The smallest absolute Gasteiger partial charge is 0.231 e. The highest BCUT2D eigenvalue weighted by molar-refractivity contribution is 6.31. The van der Waals surface area contributed by atoms with Crippen molar-refractivity contribution in [2.45, 2.75) is 44.6 Å². The maximum Gasteiger partial charge on any atom is 0.231 e. The first-order chi connectivity index (χ1) is 11.7. The van der Waals surface area contributed by atoms with Crippen LogP contribution in [0.4, 0.5) is 5.69 Å². The Kier molecular flexibility index (Phi) is 7.56. The fraction of sp³-hybridized carbons (Fsp3) is 0.500. The van der Waals surface area contributed by atoms with Gasteiger partial charge in [0.25, 0.3) is 0 Å². The Balaban J connectivity index is 2.19. The van der Waals surface area contributed by atoms with Gasteiger partial charge in [0.15, 0.2) is 0 Å². The highest BCUT2D eigenvalue weighted by atomic mass is 35.5. The van der Waals surface area contributed by atoms with Crippen LogP contribution >= 0.6 is 11.6 Å². The van der Waals surface area contributed by atoms with Crippen LogP contribution in [0.2, 0.25) is 5.02 Å². The number of hydrogen-bond donors (Lipinski definition) is 1. The number of nitrogens with two attached hydrogens (primary N) is 1. The van der Waals surface area contributed by atoms with Gasteiger partial charge in [-0.15, -0.1) is 6.58 Å². The Labute approximate surface area is 148 Å². The molecule has 0 unspecified atom stereocenters. The van der Waals surface area contributed by atoms with Crippen molar-refractivity contribution < 1.29 is 14.4 Å². The van der Waals surface area contributed by atoms with Crippen LogP contribution < -0.4 is 15.5 Å². The van der Waals surface area contributed by atoms with Crippen LogP contribution in [0.1, 0.15) is 38.5 Å². The molecule has 1 aromatic rings. The minimum atomic E-state index is 0.0432. The van der Waals surface area contributed by atoms with Crippen molar-refractivity contribution >= 4 is 23.2 Å². The highest BCUT2D eigenvalue weighted by Crippen LogP contribution is 2.33. The molecule has 132 valence electrons. The number of hydrogen-bond acceptors (Lipinski definition) is 4. The van der Waals surface area contributed by atoms with E-state index in [0.717, 1.165) is 31.4 Å². The van der Waals surface area contributed by atoms with Crippen LogP contribution in [0.25, 0.3) is 0 Å². The van der Waals surface area contributed by atoms with Crippen molar-refractivity contribution in [3.63, 3.8) is 0 Å². The largest absolute Gasteiger partial charge is 0.493 e. The second-order valence-electron chi connectivity index (χ2n) is 5.91. The summed E-state index contributed by atoms with van der Waals surface area (Å²) in [4.78, 5) is 19.0. The van der Waals surface area contributed by atoms with E-state index in [1.54, 1.807) is 12.1 Å². The minimum absolute atomic E-state index is 0.0432. The molecule has 1 saturated carbocycles. The lowest BCUT2D eigenvalue weighted by atomic mass is 10.1. The molecule has 0 saturated heterocycles. The molecule has 6 heteroatoms. The molecule has 1 fully saturated rings. The van der Waals surface area contributed by atoms with Gasteiger partial charge in [0.1, 0.15) is 5.75 Å². The number of ether oxygens (including phenoxy) is 1. The van der Waals surface area contributed by atoms with Crippen molar-refractivity contribution in [2.75, 3.05) is 18.1 Å². The first kappa shape index (κ1) is 18.8. The Morgan fingerprint density at radius 2 is 2.08 bits per heavy atom. The lowest BCUT2D eigenvalue weighted by Crippen LogP contribution is -2.38. The molecule has 0 heterocycles. The zero-order valence-corrected chi connectivity index (χ0v) is 14.6. The van der Waals surface area contributed by atoms with Crippen LogP contribution in [-0.2, 0) is 9.63 Å². The molecule has 5 nitrogen and oxygen atoms in total. The predicted octanol–water partition coefficient (Wildman–Crippen LogP) is 3.85. The molecule has 1 aliphatic carbocycles. The zero-order chi connectivity index (χ0) is 17.4. The summed E-state index contributed by atoms with van der Waals surface area (Å²) in [7, 11) is 0. The molecule has 0 aromatic heterocycles. The summed E-state index contributed by atoms with van der Waals surface area (Å²) in [6.07, 6.45) is 6.95. The number of nitrogens with zero attached hydrogens (tertiary/aromatic N) is 1. The molecule has 24 heavy (non-hydrogen) atoms. The maximum atomic E-state index is 12.6. The van der Waals surface area contributed by atoms with Crippen LogP contribution in [0, 0.1) is 0 Å². The molecule has 1 amide bonds. The Bertz CT molecular complexity index is 559. The lowest BCUT2D eigenvalue weighted by molar-refractivity contribution is -0.118.